The van der Waals surface area contributed by atoms with Crippen molar-refractivity contribution in [3.8, 4) is 0 Å². The third-order valence-electron chi connectivity index (χ3n) is 2.75. The third kappa shape index (κ3) is 4.00. The Hall–Kier alpha value is -0.990. The van der Waals surface area contributed by atoms with Crippen LogP contribution < -0.4 is 4.72 Å². The van der Waals surface area contributed by atoms with Crippen LogP contribution in [0.25, 0.3) is 0 Å². The van der Waals surface area contributed by atoms with Crippen molar-refractivity contribution < 1.29 is 17.6 Å². The van der Waals surface area contributed by atoms with E-state index in [1.54, 1.807) is 14.0 Å². The Morgan fingerprint density at radius 2 is 2.10 bits per heavy atom. The highest BCUT2D eigenvalue weighted by Crippen LogP contribution is 2.19. The lowest BCUT2D eigenvalue weighted by Crippen LogP contribution is -2.45. The molecule has 0 saturated carbocycles. The van der Waals surface area contributed by atoms with E-state index in [2.05, 4.69) is 20.7 Å². The van der Waals surface area contributed by atoms with Gasteiger partial charge in [-0.05, 0) is 48.0 Å². The number of amides is 1. The van der Waals surface area contributed by atoms with E-state index in [4.69, 9.17) is 0 Å². The Morgan fingerprint density at radius 1 is 1.50 bits per heavy atom. The van der Waals surface area contributed by atoms with Gasteiger partial charge in [0.05, 0.1) is 15.4 Å². The molecule has 0 aliphatic heterocycles. The summed E-state index contributed by atoms with van der Waals surface area (Å²) >= 11 is 2.95. The maximum absolute atomic E-state index is 13.4. The molecule has 1 N–H and O–H groups in total. The van der Waals surface area contributed by atoms with Crippen molar-refractivity contribution in [3.63, 3.8) is 0 Å². The van der Waals surface area contributed by atoms with Gasteiger partial charge in [-0.3, -0.25) is 4.79 Å². The van der Waals surface area contributed by atoms with Crippen LogP contribution in [0.15, 0.2) is 27.6 Å². The van der Waals surface area contributed by atoms with E-state index in [1.807, 2.05) is 0 Å². The first-order valence-electron chi connectivity index (χ1n) is 5.91. The molecule has 0 aliphatic rings. The van der Waals surface area contributed by atoms with Crippen LogP contribution in [-0.4, -0.2) is 38.9 Å². The first kappa shape index (κ1) is 17.1. The minimum atomic E-state index is -3.94. The molecule has 0 spiro atoms. The summed E-state index contributed by atoms with van der Waals surface area (Å²) in [5, 5.41) is 0. The molecular weight excluding hydrogens is 351 g/mol. The van der Waals surface area contributed by atoms with E-state index in [9.17, 15) is 17.6 Å². The number of halogens is 2. The molecule has 20 heavy (non-hydrogen) atoms. The molecule has 1 aromatic rings. The van der Waals surface area contributed by atoms with Gasteiger partial charge in [-0.1, -0.05) is 0 Å². The van der Waals surface area contributed by atoms with Gasteiger partial charge in [-0.25, -0.2) is 12.8 Å². The van der Waals surface area contributed by atoms with E-state index in [0.29, 0.717) is 6.54 Å². The summed E-state index contributed by atoms with van der Waals surface area (Å²) in [5.41, 5.74) is 0. The van der Waals surface area contributed by atoms with Crippen molar-refractivity contribution in [1.82, 2.24) is 9.62 Å². The molecule has 0 heterocycles. The van der Waals surface area contributed by atoms with Gasteiger partial charge in [0.2, 0.25) is 15.9 Å². The van der Waals surface area contributed by atoms with Crippen molar-refractivity contribution in [1.29, 1.82) is 0 Å². The largest absolute Gasteiger partial charge is 0.345 e. The van der Waals surface area contributed by atoms with Crippen molar-refractivity contribution in [3.05, 3.63) is 28.5 Å². The van der Waals surface area contributed by atoms with E-state index in [0.717, 1.165) is 6.07 Å². The number of carbonyl (C=O) groups is 1. The summed E-state index contributed by atoms with van der Waals surface area (Å²) < 4.78 is 39.9. The maximum Gasteiger partial charge on any atom is 0.241 e. The third-order valence-corrected chi connectivity index (χ3v) is 4.94. The highest BCUT2D eigenvalue weighted by molar-refractivity contribution is 9.10. The number of sulfonamides is 1. The predicted octanol–water partition coefficient (Wildman–Crippen LogP) is 1.73. The van der Waals surface area contributed by atoms with Gasteiger partial charge in [0.1, 0.15) is 5.82 Å². The molecule has 1 aromatic carbocycles. The summed E-state index contributed by atoms with van der Waals surface area (Å²) in [7, 11) is -2.37. The van der Waals surface area contributed by atoms with E-state index in [1.165, 1.54) is 24.0 Å². The number of hydrogen-bond donors (Lipinski definition) is 1. The lowest BCUT2D eigenvalue weighted by molar-refractivity contribution is -0.131. The first-order valence-corrected chi connectivity index (χ1v) is 8.19. The molecule has 1 amide bonds. The van der Waals surface area contributed by atoms with Crippen LogP contribution in [0.1, 0.15) is 13.8 Å². The Balaban J connectivity index is 2.95. The molecule has 0 fully saturated rings. The summed E-state index contributed by atoms with van der Waals surface area (Å²) in [6.07, 6.45) is 0. The van der Waals surface area contributed by atoms with Gasteiger partial charge in [0, 0.05) is 13.6 Å². The van der Waals surface area contributed by atoms with Crippen LogP contribution in [0.4, 0.5) is 4.39 Å². The molecule has 0 saturated heterocycles. The zero-order valence-corrected chi connectivity index (χ0v) is 13.8. The molecule has 0 aromatic heterocycles. The van der Waals surface area contributed by atoms with Crippen LogP contribution in [0, 0.1) is 5.82 Å². The maximum atomic E-state index is 13.4. The molecule has 112 valence electrons. The summed E-state index contributed by atoms with van der Waals surface area (Å²) in [6.45, 7) is 3.70. The fourth-order valence-corrected chi connectivity index (χ4v) is 2.94. The number of nitrogens with zero attached hydrogens (tertiary/aromatic N) is 1. The van der Waals surface area contributed by atoms with Gasteiger partial charge in [0.15, 0.2) is 0 Å². The summed E-state index contributed by atoms with van der Waals surface area (Å²) in [4.78, 5) is 13.0. The van der Waals surface area contributed by atoms with Gasteiger partial charge in [0.25, 0.3) is 0 Å². The molecule has 5 nitrogen and oxygen atoms in total. The summed E-state index contributed by atoms with van der Waals surface area (Å²) in [5.74, 6) is -1.04. The molecule has 1 rings (SSSR count). The number of likely N-dealkylation sites (N-methyl/N-ethyl adjacent to an activating group) is 1. The second kappa shape index (κ2) is 6.64. The van der Waals surface area contributed by atoms with E-state index < -0.39 is 21.9 Å². The molecule has 1 atom stereocenters. The van der Waals surface area contributed by atoms with Gasteiger partial charge in [-0.2, -0.15) is 4.72 Å². The minimum absolute atomic E-state index is 0.172. The number of hydrogen-bond acceptors (Lipinski definition) is 3. The van der Waals surface area contributed by atoms with Crippen LogP contribution in [0.3, 0.4) is 0 Å². The second-order valence-corrected chi connectivity index (χ2v) is 6.84. The predicted molar refractivity (Wildman–Crippen MR) is 77.2 cm³/mol. The molecule has 8 heteroatoms. The van der Waals surface area contributed by atoms with Crippen molar-refractivity contribution in [2.45, 2.75) is 24.8 Å². The van der Waals surface area contributed by atoms with Crippen LogP contribution >= 0.6 is 15.9 Å². The normalized spacial score (nSPS) is 13.1. The van der Waals surface area contributed by atoms with Crippen LogP contribution in [-0.2, 0) is 14.8 Å². The van der Waals surface area contributed by atoms with Crippen molar-refractivity contribution in [2.24, 2.45) is 0 Å². The fourth-order valence-electron chi connectivity index (χ4n) is 1.48. The number of rotatable bonds is 5. The minimum Gasteiger partial charge on any atom is -0.345 e. The topological polar surface area (TPSA) is 66.5 Å². The Labute approximate surface area is 126 Å². The molecule has 0 bridgehead atoms. The Morgan fingerprint density at radius 3 is 2.60 bits per heavy atom. The summed E-state index contributed by atoms with van der Waals surface area (Å²) in [6, 6.07) is 2.54. The van der Waals surface area contributed by atoms with Gasteiger partial charge in [-0.15, -0.1) is 0 Å². The van der Waals surface area contributed by atoms with Gasteiger partial charge >= 0.3 is 0 Å². The lowest BCUT2D eigenvalue weighted by Gasteiger charge is -2.20. The standard InChI is InChI=1S/C12H16BrFN2O3S/c1-4-16(3)12(17)8(2)15-20(18,19)9-5-6-10(13)11(14)7-9/h5-8,15H,4H2,1-3H3. The monoisotopic (exact) mass is 366 g/mol. The Kier molecular flexibility index (Phi) is 5.67. The first-order chi connectivity index (χ1) is 9.19. The Bertz CT molecular complexity index is 607. The number of carbonyl (C=O) groups excluding carboxylic acids is 1. The number of benzene rings is 1. The fraction of sp³-hybridized carbons (Fsp3) is 0.417. The smallest absolute Gasteiger partial charge is 0.241 e. The second-order valence-electron chi connectivity index (χ2n) is 4.27. The van der Waals surface area contributed by atoms with Crippen LogP contribution in [0.2, 0.25) is 0 Å². The molecule has 0 aliphatic carbocycles. The molecule has 0 radical (unpaired) electrons. The van der Waals surface area contributed by atoms with Crippen LogP contribution in [0.5, 0.6) is 0 Å². The SMILES string of the molecule is CCN(C)C(=O)C(C)NS(=O)(=O)c1ccc(Br)c(F)c1. The molecular formula is C12H16BrFN2O3S. The average molecular weight is 367 g/mol. The molecule has 1 unspecified atom stereocenters. The van der Waals surface area contributed by atoms with E-state index >= 15 is 0 Å². The average Bonchev–Trinajstić information content (AvgIpc) is 2.39. The van der Waals surface area contributed by atoms with E-state index in [-0.39, 0.29) is 15.3 Å². The van der Waals surface area contributed by atoms with Crippen molar-refractivity contribution >= 4 is 31.9 Å². The highest BCUT2D eigenvalue weighted by Gasteiger charge is 2.24. The quantitative estimate of drug-likeness (QED) is 0.862. The van der Waals surface area contributed by atoms with Crippen molar-refractivity contribution in [2.75, 3.05) is 13.6 Å². The highest BCUT2D eigenvalue weighted by atomic mass is 79.9. The number of nitrogens with one attached hydrogen (secondary N) is 1. The lowest BCUT2D eigenvalue weighted by atomic mass is 10.3. The zero-order chi connectivity index (χ0) is 15.5. The zero-order valence-electron chi connectivity index (χ0n) is 11.4. The van der Waals surface area contributed by atoms with Gasteiger partial charge < -0.3 is 4.90 Å².